The Morgan fingerprint density at radius 2 is 2.27 bits per heavy atom. The Morgan fingerprint density at radius 1 is 1.40 bits per heavy atom. The molecule has 3 aromatic rings. The maximum atomic E-state index is 14.5. The lowest BCUT2D eigenvalue weighted by Crippen LogP contribution is -2.18. The monoisotopic (exact) mass is 427 g/mol. The highest BCUT2D eigenvalue weighted by Crippen LogP contribution is 2.35. The molecule has 154 valence electrons. The molecule has 0 amide bonds. The van der Waals surface area contributed by atoms with Crippen LogP contribution in [0.3, 0.4) is 0 Å². The number of anilines is 1. The van der Waals surface area contributed by atoms with Crippen LogP contribution in [0.15, 0.2) is 41.5 Å². The van der Waals surface area contributed by atoms with Crippen molar-refractivity contribution in [3.8, 4) is 17.6 Å². The van der Waals surface area contributed by atoms with Gasteiger partial charge in [0.15, 0.2) is 11.6 Å². The van der Waals surface area contributed by atoms with Crippen molar-refractivity contribution in [3.63, 3.8) is 0 Å². The molecular formula is C20H18FN5O3S. The molecule has 30 heavy (non-hydrogen) atoms. The first kappa shape index (κ1) is 20.2. The van der Waals surface area contributed by atoms with Crippen LogP contribution in [0.5, 0.6) is 11.5 Å². The molecule has 0 aliphatic carbocycles. The van der Waals surface area contributed by atoms with Crippen LogP contribution in [0.1, 0.15) is 12.0 Å². The molecule has 1 unspecified atom stereocenters. The third-order valence-corrected chi connectivity index (χ3v) is 5.68. The standard InChI is InChI=1S/C20H18FN5O3S/c1-28-13-6-7-26(10-13)30-25-18-5-3-16(21)19(15(18)9-22)29-12-2-4-17-14(8-12)20(27)24-11-23-17/h2-5,8,11,13,25H,6-7,10H2,1H3,(H,23,24,27). The summed E-state index contributed by atoms with van der Waals surface area (Å²) in [5.74, 6) is -0.662. The first-order chi connectivity index (χ1) is 14.6. The Bertz CT molecular complexity index is 1180. The van der Waals surface area contributed by atoms with Crippen molar-refractivity contribution in [1.82, 2.24) is 14.3 Å². The molecule has 8 nitrogen and oxygen atoms in total. The summed E-state index contributed by atoms with van der Waals surface area (Å²) in [6.45, 7) is 1.59. The highest BCUT2D eigenvalue weighted by Gasteiger charge is 2.23. The van der Waals surface area contributed by atoms with E-state index in [0.717, 1.165) is 19.5 Å². The number of nitriles is 1. The van der Waals surface area contributed by atoms with Gasteiger partial charge in [0.05, 0.1) is 29.0 Å². The second-order valence-electron chi connectivity index (χ2n) is 6.65. The molecule has 2 heterocycles. The van der Waals surface area contributed by atoms with Crippen LogP contribution in [0.2, 0.25) is 0 Å². The number of nitrogens with zero attached hydrogens (tertiary/aromatic N) is 3. The summed E-state index contributed by atoms with van der Waals surface area (Å²) in [6.07, 6.45) is 2.40. The topological polar surface area (TPSA) is 103 Å². The number of halogens is 1. The van der Waals surface area contributed by atoms with Crippen molar-refractivity contribution in [2.24, 2.45) is 0 Å². The molecule has 1 fully saturated rings. The second-order valence-corrected chi connectivity index (χ2v) is 7.55. The molecule has 10 heteroatoms. The largest absolute Gasteiger partial charge is 0.453 e. The van der Waals surface area contributed by atoms with E-state index in [1.54, 1.807) is 19.2 Å². The van der Waals surface area contributed by atoms with Crippen molar-refractivity contribution < 1.29 is 13.9 Å². The van der Waals surface area contributed by atoms with Crippen molar-refractivity contribution in [3.05, 3.63) is 58.4 Å². The summed E-state index contributed by atoms with van der Waals surface area (Å²) < 4.78 is 30.7. The molecule has 0 spiro atoms. The smallest absolute Gasteiger partial charge is 0.258 e. The van der Waals surface area contributed by atoms with E-state index in [9.17, 15) is 14.4 Å². The van der Waals surface area contributed by atoms with E-state index in [1.165, 1.54) is 36.7 Å². The molecule has 0 saturated carbocycles. The van der Waals surface area contributed by atoms with Crippen molar-refractivity contribution >= 4 is 28.7 Å². The second kappa shape index (κ2) is 8.71. The zero-order valence-electron chi connectivity index (χ0n) is 16.0. The number of fused-ring (bicyclic) bond motifs is 1. The fourth-order valence-electron chi connectivity index (χ4n) is 3.17. The molecule has 2 N–H and O–H groups in total. The Hall–Kier alpha value is -3.13. The van der Waals surface area contributed by atoms with Crippen LogP contribution in [0, 0.1) is 17.1 Å². The molecule has 1 aromatic heterocycles. The van der Waals surface area contributed by atoms with Gasteiger partial charge >= 0.3 is 0 Å². The summed E-state index contributed by atoms with van der Waals surface area (Å²) in [4.78, 5) is 18.5. The number of rotatable bonds is 6. The van der Waals surface area contributed by atoms with Gasteiger partial charge in [-0.3, -0.25) is 4.79 Å². The van der Waals surface area contributed by atoms with E-state index >= 15 is 0 Å². The number of hydrogen-bond donors (Lipinski definition) is 2. The fraction of sp³-hybridized carbons (Fsp3) is 0.250. The number of methoxy groups -OCH3 is 1. The van der Waals surface area contributed by atoms with Gasteiger partial charge in [-0.05, 0) is 36.8 Å². The zero-order valence-corrected chi connectivity index (χ0v) is 16.8. The van der Waals surface area contributed by atoms with E-state index in [0.29, 0.717) is 16.6 Å². The quantitative estimate of drug-likeness (QED) is 0.577. The van der Waals surface area contributed by atoms with Gasteiger partial charge < -0.3 is 19.2 Å². The van der Waals surface area contributed by atoms with Gasteiger partial charge in [-0.25, -0.2) is 13.7 Å². The Labute approximate surface area is 175 Å². The molecule has 2 aromatic carbocycles. The lowest BCUT2D eigenvalue weighted by Gasteiger charge is -2.17. The van der Waals surface area contributed by atoms with Crippen molar-refractivity contribution in [2.45, 2.75) is 12.5 Å². The summed E-state index contributed by atoms with van der Waals surface area (Å²) in [5.41, 5.74) is 0.613. The Kier molecular flexibility index (Phi) is 5.85. The molecule has 1 aliphatic heterocycles. The first-order valence-corrected chi connectivity index (χ1v) is 9.95. The third kappa shape index (κ3) is 4.09. The van der Waals surface area contributed by atoms with E-state index in [1.807, 2.05) is 6.07 Å². The highest BCUT2D eigenvalue weighted by atomic mass is 32.2. The minimum Gasteiger partial charge on any atom is -0.453 e. The predicted octanol–water partition coefficient (Wildman–Crippen LogP) is 3.42. The van der Waals surface area contributed by atoms with Gasteiger partial charge in [-0.1, -0.05) is 0 Å². The molecule has 0 bridgehead atoms. The van der Waals surface area contributed by atoms with Crippen LogP contribution in [0.4, 0.5) is 10.1 Å². The minimum atomic E-state index is -0.678. The van der Waals surface area contributed by atoms with Crippen molar-refractivity contribution in [1.29, 1.82) is 5.26 Å². The number of benzene rings is 2. The van der Waals surface area contributed by atoms with Crippen LogP contribution < -0.4 is 15.0 Å². The third-order valence-electron chi connectivity index (χ3n) is 4.78. The van der Waals surface area contributed by atoms with E-state index in [4.69, 9.17) is 9.47 Å². The first-order valence-electron chi connectivity index (χ1n) is 9.17. The highest BCUT2D eigenvalue weighted by molar-refractivity contribution is 7.98. The normalized spacial score (nSPS) is 16.5. The average Bonchev–Trinajstić information content (AvgIpc) is 3.23. The van der Waals surface area contributed by atoms with Crippen LogP contribution in [-0.4, -0.2) is 40.6 Å². The van der Waals surface area contributed by atoms with E-state index in [2.05, 4.69) is 19.0 Å². The molecule has 1 saturated heterocycles. The number of nitrogens with one attached hydrogen (secondary N) is 2. The molecule has 0 radical (unpaired) electrons. The number of H-pyrrole nitrogens is 1. The maximum absolute atomic E-state index is 14.5. The van der Waals surface area contributed by atoms with Gasteiger partial charge in [0.25, 0.3) is 5.56 Å². The fourth-order valence-corrected chi connectivity index (χ4v) is 4.00. The minimum absolute atomic E-state index is 0.0326. The summed E-state index contributed by atoms with van der Waals surface area (Å²) in [6, 6.07) is 9.36. The lowest BCUT2D eigenvalue weighted by molar-refractivity contribution is 0.115. The Morgan fingerprint density at radius 3 is 3.03 bits per heavy atom. The maximum Gasteiger partial charge on any atom is 0.258 e. The van der Waals surface area contributed by atoms with Gasteiger partial charge in [-0.2, -0.15) is 5.26 Å². The molecule has 4 rings (SSSR count). The van der Waals surface area contributed by atoms with E-state index in [-0.39, 0.29) is 28.7 Å². The van der Waals surface area contributed by atoms with Gasteiger partial charge in [-0.15, -0.1) is 0 Å². The van der Waals surface area contributed by atoms with E-state index < -0.39 is 5.82 Å². The summed E-state index contributed by atoms with van der Waals surface area (Å²) in [7, 11) is 1.68. The number of ether oxygens (including phenoxy) is 2. The SMILES string of the molecule is COC1CCN(SNc2ccc(F)c(Oc3ccc4nc[nH]c(=O)c4c3)c2C#N)C1. The van der Waals surface area contributed by atoms with Gasteiger partial charge in [0.1, 0.15) is 17.4 Å². The lowest BCUT2D eigenvalue weighted by atomic mass is 10.1. The van der Waals surface area contributed by atoms with Gasteiger partial charge in [0, 0.05) is 32.3 Å². The molecular weight excluding hydrogens is 409 g/mol. The summed E-state index contributed by atoms with van der Waals surface area (Å²) >= 11 is 1.33. The van der Waals surface area contributed by atoms with Crippen LogP contribution in [-0.2, 0) is 4.74 Å². The average molecular weight is 427 g/mol. The number of aromatic nitrogens is 2. The van der Waals surface area contributed by atoms with Crippen LogP contribution in [0.25, 0.3) is 10.9 Å². The van der Waals surface area contributed by atoms with Crippen molar-refractivity contribution in [2.75, 3.05) is 24.9 Å². The zero-order chi connectivity index (χ0) is 21.1. The number of hydrogen-bond acceptors (Lipinski definition) is 8. The van der Waals surface area contributed by atoms with Crippen LogP contribution >= 0.6 is 12.1 Å². The Balaban J connectivity index is 1.59. The molecule has 1 atom stereocenters. The molecule has 1 aliphatic rings. The predicted molar refractivity (Wildman–Crippen MR) is 112 cm³/mol. The number of aromatic amines is 1. The van der Waals surface area contributed by atoms with Gasteiger partial charge in [0.2, 0.25) is 0 Å². The summed E-state index contributed by atoms with van der Waals surface area (Å²) in [5, 5.41) is 9.95.